The molecule has 1 aliphatic rings. The number of nitrogens with one attached hydrogen (secondary N) is 1. The Bertz CT molecular complexity index is 901. The first kappa shape index (κ1) is 17.0. The largest absolute Gasteiger partial charge is 0.461 e. The zero-order valence-electron chi connectivity index (χ0n) is 14.7. The molecular weight excluding hydrogens is 346 g/mol. The first-order valence-corrected chi connectivity index (χ1v) is 9.60. The Labute approximate surface area is 156 Å². The molecule has 0 saturated heterocycles. The van der Waals surface area contributed by atoms with E-state index < -0.39 is 0 Å². The van der Waals surface area contributed by atoms with Gasteiger partial charge in [0.05, 0.1) is 5.69 Å². The summed E-state index contributed by atoms with van der Waals surface area (Å²) in [4.78, 5) is 20.3. The fraction of sp³-hybridized carbons (Fsp3) is 0.300. The van der Waals surface area contributed by atoms with Gasteiger partial charge in [-0.2, -0.15) is 0 Å². The van der Waals surface area contributed by atoms with Gasteiger partial charge in [0.1, 0.15) is 11.5 Å². The highest BCUT2D eigenvalue weighted by molar-refractivity contribution is 7.15. The van der Waals surface area contributed by atoms with Crippen molar-refractivity contribution in [2.45, 2.75) is 25.8 Å². The molecule has 0 spiro atoms. The number of anilines is 1. The van der Waals surface area contributed by atoms with Gasteiger partial charge in [0.25, 0.3) is 0 Å². The maximum Gasteiger partial charge on any atom is 0.226 e. The molecule has 0 saturated carbocycles. The summed E-state index contributed by atoms with van der Waals surface area (Å²) in [5.41, 5.74) is 2.17. The molecule has 0 bridgehead atoms. The number of benzene rings is 1. The van der Waals surface area contributed by atoms with Crippen molar-refractivity contribution >= 4 is 22.4 Å². The number of thiazole rings is 1. The van der Waals surface area contributed by atoms with Crippen LogP contribution in [-0.4, -0.2) is 29.4 Å². The molecule has 1 N–H and O–H groups in total. The third-order valence-electron chi connectivity index (χ3n) is 4.49. The van der Waals surface area contributed by atoms with Crippen LogP contribution >= 0.6 is 11.3 Å². The lowest BCUT2D eigenvalue weighted by Crippen LogP contribution is -2.25. The first-order chi connectivity index (χ1) is 12.7. The van der Waals surface area contributed by atoms with Crippen molar-refractivity contribution in [1.82, 2.24) is 9.88 Å². The number of amides is 1. The molecule has 0 fully saturated rings. The van der Waals surface area contributed by atoms with Gasteiger partial charge in [0, 0.05) is 42.8 Å². The molecule has 0 radical (unpaired) electrons. The molecule has 1 aliphatic heterocycles. The molecule has 26 heavy (non-hydrogen) atoms. The van der Waals surface area contributed by atoms with E-state index in [0.717, 1.165) is 42.3 Å². The van der Waals surface area contributed by atoms with E-state index in [0.29, 0.717) is 18.0 Å². The third-order valence-corrected chi connectivity index (χ3v) is 5.48. The topological polar surface area (TPSA) is 58.4 Å². The van der Waals surface area contributed by atoms with Crippen LogP contribution in [0.2, 0.25) is 0 Å². The molecule has 0 unspecified atom stereocenters. The number of aromatic nitrogens is 1. The van der Waals surface area contributed by atoms with Crippen LogP contribution in [0.25, 0.3) is 11.3 Å². The Morgan fingerprint density at radius 1 is 1.27 bits per heavy atom. The highest BCUT2D eigenvalue weighted by atomic mass is 32.1. The maximum atomic E-state index is 12.2. The lowest BCUT2D eigenvalue weighted by atomic mass is 10.2. The molecule has 4 rings (SSSR count). The number of carbonyl (C=O) groups is 1. The normalized spacial score (nSPS) is 14.2. The van der Waals surface area contributed by atoms with E-state index in [1.807, 2.05) is 42.5 Å². The van der Waals surface area contributed by atoms with Crippen molar-refractivity contribution in [3.8, 4) is 11.3 Å². The second-order valence-electron chi connectivity index (χ2n) is 6.56. The van der Waals surface area contributed by atoms with E-state index in [4.69, 9.17) is 4.42 Å². The van der Waals surface area contributed by atoms with Crippen LogP contribution in [0.3, 0.4) is 0 Å². The number of nitrogens with zero attached hydrogens (tertiary/aromatic N) is 2. The smallest absolute Gasteiger partial charge is 0.226 e. The summed E-state index contributed by atoms with van der Waals surface area (Å²) in [6.45, 7) is 1.93. The summed E-state index contributed by atoms with van der Waals surface area (Å²) in [6, 6.07) is 13.9. The molecule has 0 atom stereocenters. The van der Waals surface area contributed by atoms with Gasteiger partial charge < -0.3 is 14.6 Å². The van der Waals surface area contributed by atoms with Crippen LogP contribution in [0.4, 0.5) is 5.13 Å². The van der Waals surface area contributed by atoms with E-state index in [1.165, 1.54) is 4.88 Å². The van der Waals surface area contributed by atoms with Gasteiger partial charge in [-0.15, -0.1) is 11.3 Å². The van der Waals surface area contributed by atoms with Gasteiger partial charge in [-0.1, -0.05) is 30.3 Å². The number of aryl methyl sites for hydroxylation is 1. The van der Waals surface area contributed by atoms with Crippen LogP contribution in [0, 0.1) is 0 Å². The highest BCUT2D eigenvalue weighted by Gasteiger charge is 2.19. The second-order valence-corrected chi connectivity index (χ2v) is 7.64. The quantitative estimate of drug-likeness (QED) is 0.741. The van der Waals surface area contributed by atoms with Crippen LogP contribution < -0.4 is 5.32 Å². The Kier molecular flexibility index (Phi) is 4.86. The number of hydrogen-bond donors (Lipinski definition) is 1. The maximum absolute atomic E-state index is 12.2. The average molecular weight is 367 g/mol. The number of rotatable bonds is 5. The standard InChI is InChI=1S/C20H21N3O2S/c1-23-12-11-16-18(13-23)26-20(21-16)22-19(24)10-8-15-7-9-17(25-15)14-5-3-2-4-6-14/h2-7,9H,8,10-13H2,1H3,(H,21,22,24). The number of furan rings is 1. The van der Waals surface area contributed by atoms with E-state index in [9.17, 15) is 4.79 Å². The van der Waals surface area contributed by atoms with Crippen molar-refractivity contribution in [3.05, 3.63) is 58.8 Å². The molecule has 6 heteroatoms. The van der Waals surface area contributed by atoms with Crippen LogP contribution in [0.1, 0.15) is 22.8 Å². The van der Waals surface area contributed by atoms with Crippen molar-refractivity contribution in [2.75, 3.05) is 18.9 Å². The number of hydrogen-bond acceptors (Lipinski definition) is 5. The van der Waals surface area contributed by atoms with E-state index >= 15 is 0 Å². The number of fused-ring (bicyclic) bond motifs is 1. The fourth-order valence-corrected chi connectivity index (χ4v) is 4.17. The minimum Gasteiger partial charge on any atom is -0.461 e. The summed E-state index contributed by atoms with van der Waals surface area (Å²) >= 11 is 1.58. The highest BCUT2D eigenvalue weighted by Crippen LogP contribution is 2.28. The Hall–Kier alpha value is -2.44. The van der Waals surface area contributed by atoms with Crippen molar-refractivity contribution in [1.29, 1.82) is 0 Å². The Balaban J connectivity index is 1.33. The molecule has 3 aromatic rings. The number of likely N-dealkylation sites (N-methyl/N-ethyl adjacent to an activating group) is 1. The van der Waals surface area contributed by atoms with Gasteiger partial charge in [0.15, 0.2) is 5.13 Å². The number of carbonyl (C=O) groups excluding carboxylic acids is 1. The molecule has 134 valence electrons. The van der Waals surface area contributed by atoms with E-state index in [2.05, 4.69) is 22.2 Å². The zero-order chi connectivity index (χ0) is 17.9. The minimum absolute atomic E-state index is 0.0258. The molecule has 5 nitrogen and oxygen atoms in total. The van der Waals surface area contributed by atoms with Gasteiger partial charge in [-0.05, 0) is 19.2 Å². The summed E-state index contributed by atoms with van der Waals surface area (Å²) in [7, 11) is 2.11. The molecule has 2 aromatic heterocycles. The monoisotopic (exact) mass is 367 g/mol. The summed E-state index contributed by atoms with van der Waals surface area (Å²) in [5.74, 6) is 1.62. The van der Waals surface area contributed by atoms with Gasteiger partial charge in [0.2, 0.25) is 5.91 Å². The van der Waals surface area contributed by atoms with Crippen molar-refractivity contribution in [3.63, 3.8) is 0 Å². The molecule has 0 aliphatic carbocycles. The Morgan fingerprint density at radius 2 is 2.12 bits per heavy atom. The molecule has 3 heterocycles. The molecule has 1 amide bonds. The van der Waals surface area contributed by atoms with Crippen molar-refractivity contribution < 1.29 is 9.21 Å². The summed E-state index contributed by atoms with van der Waals surface area (Å²) < 4.78 is 5.85. The fourth-order valence-electron chi connectivity index (χ4n) is 3.06. The molecule has 1 aromatic carbocycles. The van der Waals surface area contributed by atoms with Gasteiger partial charge in [-0.3, -0.25) is 4.79 Å². The average Bonchev–Trinajstić information content (AvgIpc) is 3.27. The predicted molar refractivity (Wildman–Crippen MR) is 103 cm³/mol. The summed E-state index contributed by atoms with van der Waals surface area (Å²) in [5, 5.41) is 3.64. The summed E-state index contributed by atoms with van der Waals surface area (Å²) in [6.07, 6.45) is 1.91. The second kappa shape index (κ2) is 7.43. The lowest BCUT2D eigenvalue weighted by molar-refractivity contribution is -0.116. The van der Waals surface area contributed by atoms with Crippen molar-refractivity contribution in [2.24, 2.45) is 0 Å². The SMILES string of the molecule is CN1CCc2nc(NC(=O)CCc3ccc(-c4ccccc4)o3)sc2C1. The minimum atomic E-state index is -0.0258. The van der Waals surface area contributed by atoms with E-state index in [-0.39, 0.29) is 5.91 Å². The van der Waals surface area contributed by atoms with Gasteiger partial charge in [-0.25, -0.2) is 4.98 Å². The van der Waals surface area contributed by atoms with E-state index in [1.54, 1.807) is 11.3 Å². The molecular formula is C20H21N3O2S. The zero-order valence-corrected chi connectivity index (χ0v) is 15.5. The first-order valence-electron chi connectivity index (χ1n) is 8.78. The third kappa shape index (κ3) is 3.86. The Morgan fingerprint density at radius 3 is 2.96 bits per heavy atom. The van der Waals surface area contributed by atoms with Crippen LogP contribution in [0.5, 0.6) is 0 Å². The lowest BCUT2D eigenvalue weighted by Gasteiger charge is -2.20. The predicted octanol–water partition coefficient (Wildman–Crippen LogP) is 3.96. The van der Waals surface area contributed by atoms with Gasteiger partial charge >= 0.3 is 0 Å². The van der Waals surface area contributed by atoms with Crippen LogP contribution in [0.15, 0.2) is 46.9 Å². The van der Waals surface area contributed by atoms with Crippen LogP contribution in [-0.2, 0) is 24.2 Å².